The molecule has 2 rings (SSSR count). The van der Waals surface area contributed by atoms with Crippen molar-refractivity contribution < 1.29 is 9.66 Å². The molecule has 0 bridgehead atoms. The molecule has 5 nitrogen and oxygen atoms in total. The molecule has 1 aromatic rings. The van der Waals surface area contributed by atoms with E-state index in [1.165, 1.54) is 12.1 Å². The van der Waals surface area contributed by atoms with E-state index >= 15 is 0 Å². The summed E-state index contributed by atoms with van der Waals surface area (Å²) in [6.07, 6.45) is 5.49. The number of nitro benzene ring substituents is 1. The van der Waals surface area contributed by atoms with Gasteiger partial charge in [-0.15, -0.1) is 0 Å². The van der Waals surface area contributed by atoms with Gasteiger partial charge in [0.15, 0.2) is 0 Å². The summed E-state index contributed by atoms with van der Waals surface area (Å²) in [5.41, 5.74) is 0.399. The molecule has 20 heavy (non-hydrogen) atoms. The van der Waals surface area contributed by atoms with Crippen LogP contribution in [0.15, 0.2) is 18.2 Å². The third-order valence-electron chi connectivity index (χ3n) is 4.05. The number of nitrogens with zero attached hydrogens (tertiary/aromatic N) is 2. The van der Waals surface area contributed by atoms with Crippen LogP contribution in [-0.4, -0.2) is 12.0 Å². The summed E-state index contributed by atoms with van der Waals surface area (Å²) in [6.45, 7) is 0. The van der Waals surface area contributed by atoms with E-state index in [1.54, 1.807) is 13.2 Å². The average molecular weight is 274 g/mol. The van der Waals surface area contributed by atoms with Gasteiger partial charge in [-0.25, -0.2) is 0 Å². The summed E-state index contributed by atoms with van der Waals surface area (Å²) < 4.78 is 5.28. The molecule has 0 saturated heterocycles. The zero-order valence-electron chi connectivity index (χ0n) is 11.6. The number of hydrogen-bond donors (Lipinski definition) is 0. The second-order valence-electron chi connectivity index (χ2n) is 5.38. The number of ether oxygens (including phenoxy) is 1. The summed E-state index contributed by atoms with van der Waals surface area (Å²) in [6, 6.07) is 7.02. The molecule has 1 fully saturated rings. The van der Waals surface area contributed by atoms with Gasteiger partial charge in [-0.3, -0.25) is 10.1 Å². The Morgan fingerprint density at radius 1 is 1.40 bits per heavy atom. The van der Waals surface area contributed by atoms with Crippen molar-refractivity contribution in [3.8, 4) is 11.8 Å². The van der Waals surface area contributed by atoms with Crippen molar-refractivity contribution in [3.63, 3.8) is 0 Å². The Kier molecular flexibility index (Phi) is 4.23. The van der Waals surface area contributed by atoms with E-state index in [0.717, 1.165) is 37.7 Å². The SMILES string of the molecule is COc1ccc([N+](=O)[O-])cc1CC1(C#N)CCCCC1. The van der Waals surface area contributed by atoms with Crippen LogP contribution in [0.3, 0.4) is 0 Å². The van der Waals surface area contributed by atoms with Gasteiger partial charge in [0.1, 0.15) is 5.75 Å². The third kappa shape index (κ3) is 2.90. The molecular weight excluding hydrogens is 256 g/mol. The van der Waals surface area contributed by atoms with Gasteiger partial charge in [0.05, 0.1) is 23.5 Å². The molecule has 0 N–H and O–H groups in total. The van der Waals surface area contributed by atoms with Crippen LogP contribution in [0.5, 0.6) is 5.75 Å². The van der Waals surface area contributed by atoms with Gasteiger partial charge in [0.2, 0.25) is 0 Å². The minimum Gasteiger partial charge on any atom is -0.496 e. The Labute approximate surface area is 118 Å². The molecule has 1 saturated carbocycles. The first kappa shape index (κ1) is 14.3. The predicted octanol–water partition coefficient (Wildman–Crippen LogP) is 3.62. The van der Waals surface area contributed by atoms with Crippen LogP contribution in [0, 0.1) is 26.9 Å². The quantitative estimate of drug-likeness (QED) is 0.620. The van der Waals surface area contributed by atoms with Gasteiger partial charge >= 0.3 is 0 Å². The maximum Gasteiger partial charge on any atom is 0.269 e. The Balaban J connectivity index is 2.33. The lowest BCUT2D eigenvalue weighted by molar-refractivity contribution is -0.384. The molecule has 0 amide bonds. The van der Waals surface area contributed by atoms with Crippen molar-refractivity contribution in [2.45, 2.75) is 38.5 Å². The van der Waals surface area contributed by atoms with Crippen LogP contribution in [0.2, 0.25) is 0 Å². The van der Waals surface area contributed by atoms with E-state index in [2.05, 4.69) is 6.07 Å². The Morgan fingerprint density at radius 2 is 2.10 bits per heavy atom. The molecule has 0 heterocycles. The van der Waals surface area contributed by atoms with Gasteiger partial charge < -0.3 is 4.74 Å². The van der Waals surface area contributed by atoms with Crippen LogP contribution in [0.4, 0.5) is 5.69 Å². The fourth-order valence-corrected chi connectivity index (χ4v) is 2.94. The van der Waals surface area contributed by atoms with Crippen molar-refractivity contribution in [1.29, 1.82) is 5.26 Å². The number of benzene rings is 1. The van der Waals surface area contributed by atoms with Gasteiger partial charge in [-0.05, 0) is 25.3 Å². The molecule has 5 heteroatoms. The maximum absolute atomic E-state index is 10.9. The normalized spacial score (nSPS) is 17.2. The number of hydrogen-bond acceptors (Lipinski definition) is 4. The number of nitriles is 1. The highest BCUT2D eigenvalue weighted by atomic mass is 16.6. The van der Waals surface area contributed by atoms with Crippen LogP contribution >= 0.6 is 0 Å². The summed E-state index contributed by atoms with van der Waals surface area (Å²) in [7, 11) is 1.55. The molecule has 1 aliphatic carbocycles. The fraction of sp³-hybridized carbons (Fsp3) is 0.533. The minimum absolute atomic E-state index is 0.0460. The standard InChI is InChI=1S/C15H18N2O3/c1-20-14-6-5-13(17(18)19)9-12(14)10-15(11-16)7-3-2-4-8-15/h5-6,9H,2-4,7-8,10H2,1H3. The van der Waals surface area contributed by atoms with E-state index in [9.17, 15) is 15.4 Å². The van der Waals surface area contributed by atoms with Crippen LogP contribution in [-0.2, 0) is 6.42 Å². The number of nitro groups is 1. The lowest BCUT2D eigenvalue weighted by Crippen LogP contribution is -2.25. The Hall–Kier alpha value is -2.09. The molecule has 0 atom stereocenters. The topological polar surface area (TPSA) is 76.2 Å². The van der Waals surface area contributed by atoms with Crippen molar-refractivity contribution in [3.05, 3.63) is 33.9 Å². The zero-order valence-corrected chi connectivity index (χ0v) is 11.6. The molecule has 0 aromatic heterocycles. The van der Waals surface area contributed by atoms with Gasteiger partial charge in [0.25, 0.3) is 5.69 Å². The highest BCUT2D eigenvalue weighted by Crippen LogP contribution is 2.40. The van der Waals surface area contributed by atoms with Gasteiger partial charge in [-0.2, -0.15) is 5.26 Å². The minimum atomic E-state index is -0.414. The first-order chi connectivity index (χ1) is 9.60. The second-order valence-corrected chi connectivity index (χ2v) is 5.38. The van der Waals surface area contributed by atoms with Crippen molar-refractivity contribution >= 4 is 5.69 Å². The predicted molar refractivity (Wildman–Crippen MR) is 74.5 cm³/mol. The van der Waals surface area contributed by atoms with Gasteiger partial charge in [0, 0.05) is 17.7 Å². The zero-order chi connectivity index (χ0) is 14.6. The van der Waals surface area contributed by atoms with E-state index in [-0.39, 0.29) is 5.69 Å². The molecule has 0 radical (unpaired) electrons. The molecular formula is C15H18N2O3. The molecule has 0 unspecified atom stereocenters. The summed E-state index contributed by atoms with van der Waals surface area (Å²) in [5.74, 6) is 0.621. The van der Waals surface area contributed by atoms with E-state index < -0.39 is 10.3 Å². The average Bonchev–Trinajstić information content (AvgIpc) is 2.48. The lowest BCUT2D eigenvalue weighted by atomic mass is 9.71. The molecule has 0 aliphatic heterocycles. The van der Waals surface area contributed by atoms with Crippen molar-refractivity contribution in [2.75, 3.05) is 7.11 Å². The number of rotatable bonds is 4. The number of methoxy groups -OCH3 is 1. The summed E-state index contributed by atoms with van der Waals surface area (Å²) in [4.78, 5) is 10.5. The third-order valence-corrected chi connectivity index (χ3v) is 4.05. The Bertz CT molecular complexity index is 543. The smallest absolute Gasteiger partial charge is 0.269 e. The molecule has 1 aromatic carbocycles. The molecule has 1 aliphatic rings. The highest BCUT2D eigenvalue weighted by molar-refractivity contribution is 5.44. The summed E-state index contributed by atoms with van der Waals surface area (Å²) >= 11 is 0. The fourth-order valence-electron chi connectivity index (χ4n) is 2.94. The summed E-state index contributed by atoms with van der Waals surface area (Å²) in [5, 5.41) is 20.4. The van der Waals surface area contributed by atoms with Crippen LogP contribution in [0.25, 0.3) is 0 Å². The molecule has 0 spiro atoms. The lowest BCUT2D eigenvalue weighted by Gasteiger charge is -2.31. The van der Waals surface area contributed by atoms with E-state index in [4.69, 9.17) is 4.74 Å². The first-order valence-electron chi connectivity index (χ1n) is 6.83. The van der Waals surface area contributed by atoms with Crippen molar-refractivity contribution in [1.82, 2.24) is 0 Å². The van der Waals surface area contributed by atoms with E-state index in [0.29, 0.717) is 12.2 Å². The maximum atomic E-state index is 10.9. The monoisotopic (exact) mass is 274 g/mol. The second kappa shape index (κ2) is 5.91. The Morgan fingerprint density at radius 3 is 2.65 bits per heavy atom. The van der Waals surface area contributed by atoms with Crippen LogP contribution < -0.4 is 4.74 Å². The van der Waals surface area contributed by atoms with Gasteiger partial charge in [-0.1, -0.05) is 19.3 Å². The van der Waals surface area contributed by atoms with E-state index in [1.807, 2.05) is 0 Å². The number of non-ortho nitro benzene ring substituents is 1. The van der Waals surface area contributed by atoms with Crippen LogP contribution in [0.1, 0.15) is 37.7 Å². The highest BCUT2D eigenvalue weighted by Gasteiger charge is 2.33. The first-order valence-corrected chi connectivity index (χ1v) is 6.83. The largest absolute Gasteiger partial charge is 0.496 e. The molecule has 106 valence electrons. The van der Waals surface area contributed by atoms with Crippen molar-refractivity contribution in [2.24, 2.45) is 5.41 Å².